The summed E-state index contributed by atoms with van der Waals surface area (Å²) in [6.07, 6.45) is 1.70. The lowest BCUT2D eigenvalue weighted by Gasteiger charge is -2.09. The summed E-state index contributed by atoms with van der Waals surface area (Å²) in [6, 6.07) is 11.0. The van der Waals surface area contributed by atoms with Crippen molar-refractivity contribution in [3.8, 4) is 11.3 Å². The molecular formula is C19H16BrF2N3O4. The van der Waals surface area contributed by atoms with Gasteiger partial charge in [0, 0.05) is 29.2 Å². The molecule has 29 heavy (non-hydrogen) atoms. The molecule has 0 unspecified atom stereocenters. The molecule has 3 N–H and O–H groups in total. The van der Waals surface area contributed by atoms with Crippen molar-refractivity contribution < 1.29 is 28.6 Å². The van der Waals surface area contributed by atoms with Crippen LogP contribution in [0.15, 0.2) is 53.1 Å². The lowest BCUT2D eigenvalue weighted by atomic mass is 10.2. The zero-order valence-electron chi connectivity index (χ0n) is 15.1. The smallest absolute Gasteiger partial charge is 0.414 e. The first-order valence-electron chi connectivity index (χ1n) is 8.10. The number of benzene rings is 2. The van der Waals surface area contributed by atoms with Crippen molar-refractivity contribution in [2.24, 2.45) is 7.05 Å². The number of nitrogens with one attached hydrogen (secondary N) is 1. The standard InChI is InChI=1S/C17H14BrF2N3.C2H2O4/c1-23-16(11-2-5-14(19)6-3-11)10-22-17(23)21-9-12-8-13(18)4-7-15(12)20;3-1(4)2(5)6/h2-8,10H,9H2,1H3,(H,21,22);(H,3,4)(H,5,6). The number of hydrogen-bond donors (Lipinski definition) is 3. The van der Waals surface area contributed by atoms with E-state index in [1.54, 1.807) is 30.5 Å². The van der Waals surface area contributed by atoms with Gasteiger partial charge in [0.15, 0.2) is 0 Å². The molecule has 0 spiro atoms. The Kier molecular flexibility index (Phi) is 7.43. The number of anilines is 1. The van der Waals surface area contributed by atoms with E-state index >= 15 is 0 Å². The first-order chi connectivity index (χ1) is 13.7. The van der Waals surface area contributed by atoms with E-state index in [9.17, 15) is 8.78 Å². The van der Waals surface area contributed by atoms with Crippen LogP contribution in [0.2, 0.25) is 0 Å². The second kappa shape index (κ2) is 9.78. The lowest BCUT2D eigenvalue weighted by molar-refractivity contribution is -0.159. The third-order valence-corrected chi connectivity index (χ3v) is 4.25. The van der Waals surface area contributed by atoms with Gasteiger partial charge in [-0.1, -0.05) is 15.9 Å². The van der Waals surface area contributed by atoms with E-state index in [4.69, 9.17) is 19.8 Å². The molecule has 0 bridgehead atoms. The molecule has 3 aromatic rings. The maximum atomic E-state index is 13.8. The summed E-state index contributed by atoms with van der Waals surface area (Å²) in [5, 5.41) is 17.9. The molecule has 0 atom stereocenters. The summed E-state index contributed by atoms with van der Waals surface area (Å²) in [4.78, 5) is 22.5. The van der Waals surface area contributed by atoms with Gasteiger partial charge < -0.3 is 20.1 Å². The van der Waals surface area contributed by atoms with Crippen LogP contribution in [0.4, 0.5) is 14.7 Å². The summed E-state index contributed by atoms with van der Waals surface area (Å²) < 4.78 is 29.4. The third kappa shape index (κ3) is 6.11. The molecule has 7 nitrogen and oxygen atoms in total. The summed E-state index contributed by atoms with van der Waals surface area (Å²) in [5.74, 6) is -3.58. The number of nitrogens with zero attached hydrogens (tertiary/aromatic N) is 2. The Morgan fingerprint density at radius 2 is 1.72 bits per heavy atom. The highest BCUT2D eigenvalue weighted by atomic mass is 79.9. The van der Waals surface area contributed by atoms with Crippen molar-refractivity contribution in [3.05, 3.63) is 70.3 Å². The molecule has 0 amide bonds. The molecule has 0 aliphatic rings. The van der Waals surface area contributed by atoms with Crippen LogP contribution in [0, 0.1) is 11.6 Å². The van der Waals surface area contributed by atoms with Crippen LogP contribution < -0.4 is 5.32 Å². The third-order valence-electron chi connectivity index (χ3n) is 3.76. The number of imidazole rings is 1. The van der Waals surface area contributed by atoms with Gasteiger partial charge in [-0.3, -0.25) is 0 Å². The first kappa shape index (κ1) is 22.0. The van der Waals surface area contributed by atoms with Gasteiger partial charge in [-0.2, -0.15) is 0 Å². The summed E-state index contributed by atoms with van der Waals surface area (Å²) in [5.41, 5.74) is 2.26. The Morgan fingerprint density at radius 1 is 1.10 bits per heavy atom. The van der Waals surface area contributed by atoms with E-state index < -0.39 is 11.9 Å². The molecule has 2 aromatic carbocycles. The van der Waals surface area contributed by atoms with Gasteiger partial charge in [0.25, 0.3) is 0 Å². The van der Waals surface area contributed by atoms with E-state index in [2.05, 4.69) is 26.2 Å². The van der Waals surface area contributed by atoms with E-state index in [0.29, 0.717) is 18.1 Å². The van der Waals surface area contributed by atoms with Crippen LogP contribution >= 0.6 is 15.9 Å². The average molecular weight is 468 g/mol. The minimum atomic E-state index is -1.82. The Hall–Kier alpha value is -3.27. The number of carboxylic acid groups (broad SMARTS) is 2. The highest BCUT2D eigenvalue weighted by molar-refractivity contribution is 9.10. The van der Waals surface area contributed by atoms with Crippen molar-refractivity contribution in [2.75, 3.05) is 5.32 Å². The highest BCUT2D eigenvalue weighted by Crippen LogP contribution is 2.23. The van der Waals surface area contributed by atoms with Crippen molar-refractivity contribution in [1.82, 2.24) is 9.55 Å². The quantitative estimate of drug-likeness (QED) is 0.502. The van der Waals surface area contributed by atoms with Crippen LogP contribution in [0.1, 0.15) is 5.56 Å². The average Bonchev–Trinajstić information content (AvgIpc) is 3.04. The number of rotatable bonds is 4. The molecule has 152 valence electrons. The van der Waals surface area contributed by atoms with Crippen molar-refractivity contribution in [1.29, 1.82) is 0 Å². The van der Waals surface area contributed by atoms with Gasteiger partial charge >= 0.3 is 11.9 Å². The molecule has 0 saturated heterocycles. The highest BCUT2D eigenvalue weighted by Gasteiger charge is 2.10. The van der Waals surface area contributed by atoms with Gasteiger partial charge in [-0.05, 0) is 42.5 Å². The molecule has 0 fully saturated rings. The van der Waals surface area contributed by atoms with Gasteiger partial charge in [0.2, 0.25) is 5.95 Å². The Balaban J connectivity index is 0.000000438. The van der Waals surface area contributed by atoms with Gasteiger partial charge in [0.05, 0.1) is 11.9 Å². The fraction of sp³-hybridized carbons (Fsp3) is 0.105. The molecule has 1 heterocycles. The molecule has 0 aliphatic carbocycles. The van der Waals surface area contributed by atoms with Crippen molar-refractivity contribution in [2.45, 2.75) is 6.54 Å². The molecule has 10 heteroatoms. The molecule has 3 rings (SSSR count). The van der Waals surface area contributed by atoms with Crippen LogP contribution in [0.5, 0.6) is 0 Å². The topological polar surface area (TPSA) is 104 Å². The second-order valence-corrected chi connectivity index (χ2v) is 6.65. The number of aromatic nitrogens is 2. The summed E-state index contributed by atoms with van der Waals surface area (Å²) in [7, 11) is 1.85. The zero-order valence-corrected chi connectivity index (χ0v) is 16.7. The molecule has 1 aromatic heterocycles. The van der Waals surface area contributed by atoms with Gasteiger partial charge in [-0.15, -0.1) is 0 Å². The normalized spacial score (nSPS) is 10.1. The van der Waals surface area contributed by atoms with Gasteiger partial charge in [-0.25, -0.2) is 23.4 Å². The molecular weight excluding hydrogens is 452 g/mol. The first-order valence-corrected chi connectivity index (χ1v) is 8.90. The largest absolute Gasteiger partial charge is 0.473 e. The minimum absolute atomic E-state index is 0.270. The van der Waals surface area contributed by atoms with Crippen molar-refractivity contribution >= 4 is 33.8 Å². The van der Waals surface area contributed by atoms with Crippen LogP contribution in [0.3, 0.4) is 0 Å². The maximum Gasteiger partial charge on any atom is 0.414 e. The summed E-state index contributed by atoms with van der Waals surface area (Å²) >= 11 is 3.33. The van der Waals surface area contributed by atoms with E-state index in [0.717, 1.165) is 15.7 Å². The Bertz CT molecular complexity index is 1010. The SMILES string of the molecule is Cn1c(-c2ccc(F)cc2)cnc1NCc1cc(Br)ccc1F.O=C(O)C(=O)O. The molecule has 0 saturated carbocycles. The number of carboxylic acids is 2. The zero-order chi connectivity index (χ0) is 21.6. The number of hydrogen-bond acceptors (Lipinski definition) is 4. The number of aliphatic carboxylic acids is 2. The second-order valence-electron chi connectivity index (χ2n) is 5.73. The Morgan fingerprint density at radius 3 is 2.31 bits per heavy atom. The number of carbonyl (C=O) groups is 2. The minimum Gasteiger partial charge on any atom is -0.473 e. The lowest BCUT2D eigenvalue weighted by Crippen LogP contribution is -2.09. The predicted octanol–water partition coefficient (Wildman–Crippen LogP) is 3.90. The van der Waals surface area contributed by atoms with Crippen molar-refractivity contribution in [3.63, 3.8) is 0 Å². The summed E-state index contributed by atoms with van der Waals surface area (Å²) in [6.45, 7) is 0.318. The van der Waals surface area contributed by atoms with Crippen LogP contribution in [-0.4, -0.2) is 31.7 Å². The fourth-order valence-corrected chi connectivity index (χ4v) is 2.72. The number of halogens is 3. The monoisotopic (exact) mass is 467 g/mol. The van der Waals surface area contributed by atoms with Crippen LogP contribution in [-0.2, 0) is 23.2 Å². The Labute approximate surface area is 172 Å². The molecule has 0 radical (unpaired) electrons. The maximum absolute atomic E-state index is 13.8. The predicted molar refractivity (Wildman–Crippen MR) is 105 cm³/mol. The fourth-order valence-electron chi connectivity index (χ4n) is 2.32. The van der Waals surface area contributed by atoms with Crippen LogP contribution in [0.25, 0.3) is 11.3 Å². The molecule has 0 aliphatic heterocycles. The van der Waals surface area contributed by atoms with E-state index in [-0.39, 0.29) is 11.6 Å². The van der Waals surface area contributed by atoms with E-state index in [1.165, 1.54) is 18.2 Å². The van der Waals surface area contributed by atoms with E-state index in [1.807, 2.05) is 11.6 Å². The van der Waals surface area contributed by atoms with Gasteiger partial charge in [0.1, 0.15) is 11.6 Å².